The molecule has 4 nitrogen and oxygen atoms in total. The molecule has 2 amide bonds. The summed E-state index contributed by atoms with van der Waals surface area (Å²) in [6, 6.07) is -0.347. The van der Waals surface area contributed by atoms with Crippen LogP contribution < -0.4 is 5.32 Å². The summed E-state index contributed by atoms with van der Waals surface area (Å²) < 4.78 is 0. The lowest BCUT2D eigenvalue weighted by Gasteiger charge is -2.32. The minimum absolute atomic E-state index is 0.0295. The number of rotatable bonds is 2. The topological polar surface area (TPSA) is 49.4 Å². The fourth-order valence-corrected chi connectivity index (χ4v) is 2.83. The third kappa shape index (κ3) is 2.36. The van der Waals surface area contributed by atoms with Crippen LogP contribution in [0.15, 0.2) is 0 Å². The van der Waals surface area contributed by atoms with Gasteiger partial charge in [0.2, 0.25) is 11.8 Å². The zero-order chi connectivity index (χ0) is 11.7. The number of hydrogen-bond donors (Lipinski definition) is 1. The van der Waals surface area contributed by atoms with Crippen molar-refractivity contribution in [3.8, 4) is 0 Å². The zero-order valence-corrected chi connectivity index (χ0v) is 10.0. The molecule has 3 atom stereocenters. The first-order valence-corrected chi connectivity index (χ1v) is 6.14. The highest BCUT2D eigenvalue weighted by atomic mass is 16.2. The van der Waals surface area contributed by atoms with E-state index in [9.17, 15) is 9.59 Å². The second kappa shape index (κ2) is 4.44. The Morgan fingerprint density at radius 2 is 2.06 bits per heavy atom. The molecule has 1 aliphatic heterocycles. The summed E-state index contributed by atoms with van der Waals surface area (Å²) in [5, 5.41) is 2.66. The van der Waals surface area contributed by atoms with E-state index >= 15 is 0 Å². The van der Waals surface area contributed by atoms with Crippen LogP contribution >= 0.6 is 0 Å². The average Bonchev–Trinajstić information content (AvgIpc) is 2.60. The Hall–Kier alpha value is -1.06. The maximum atomic E-state index is 11.9. The first-order chi connectivity index (χ1) is 7.56. The van der Waals surface area contributed by atoms with E-state index in [4.69, 9.17) is 0 Å². The van der Waals surface area contributed by atoms with Gasteiger partial charge in [-0.3, -0.25) is 9.59 Å². The molecule has 1 heterocycles. The predicted octanol–water partition coefficient (Wildman–Crippen LogP) is 0.770. The van der Waals surface area contributed by atoms with Crippen LogP contribution in [-0.2, 0) is 9.59 Å². The van der Waals surface area contributed by atoms with Crippen LogP contribution in [0.25, 0.3) is 0 Å². The summed E-state index contributed by atoms with van der Waals surface area (Å²) in [6.07, 6.45) is 3.65. The van der Waals surface area contributed by atoms with Crippen LogP contribution in [0, 0.1) is 11.8 Å². The van der Waals surface area contributed by atoms with Gasteiger partial charge in [-0.1, -0.05) is 13.3 Å². The second-order valence-electron chi connectivity index (χ2n) is 5.29. The van der Waals surface area contributed by atoms with E-state index < -0.39 is 0 Å². The first kappa shape index (κ1) is 11.4. The number of hydrogen-bond acceptors (Lipinski definition) is 2. The van der Waals surface area contributed by atoms with Gasteiger partial charge in [-0.2, -0.15) is 0 Å². The Morgan fingerprint density at radius 1 is 1.31 bits per heavy atom. The molecule has 0 aromatic heterocycles. The lowest BCUT2D eigenvalue weighted by atomic mass is 10.0. The third-order valence-electron chi connectivity index (χ3n) is 3.68. The van der Waals surface area contributed by atoms with Crippen molar-refractivity contribution in [2.75, 3.05) is 13.1 Å². The summed E-state index contributed by atoms with van der Waals surface area (Å²) in [6.45, 7) is 5.02. The van der Waals surface area contributed by atoms with Crippen LogP contribution in [0.2, 0.25) is 0 Å². The lowest BCUT2D eigenvalue weighted by Crippen LogP contribution is -2.57. The highest BCUT2D eigenvalue weighted by Gasteiger charge is 2.32. The molecule has 0 radical (unpaired) electrons. The highest BCUT2D eigenvalue weighted by molar-refractivity contribution is 5.94. The van der Waals surface area contributed by atoms with Crippen LogP contribution in [-0.4, -0.2) is 35.8 Å². The van der Waals surface area contributed by atoms with E-state index in [1.165, 1.54) is 19.3 Å². The Labute approximate surface area is 96.4 Å². The quantitative estimate of drug-likeness (QED) is 0.753. The van der Waals surface area contributed by atoms with Crippen molar-refractivity contribution in [1.82, 2.24) is 10.2 Å². The van der Waals surface area contributed by atoms with Crippen molar-refractivity contribution in [1.29, 1.82) is 0 Å². The minimum Gasteiger partial charge on any atom is -0.343 e. The molecule has 1 saturated carbocycles. The van der Waals surface area contributed by atoms with Crippen LogP contribution in [0.4, 0.5) is 0 Å². The molecule has 2 fully saturated rings. The van der Waals surface area contributed by atoms with Gasteiger partial charge in [0.1, 0.15) is 6.04 Å². The molecule has 0 aromatic rings. The summed E-state index contributed by atoms with van der Waals surface area (Å²) in [7, 11) is 0. The fraction of sp³-hybridized carbons (Fsp3) is 0.833. The number of nitrogens with one attached hydrogen (secondary N) is 1. The molecular weight excluding hydrogens is 204 g/mol. The van der Waals surface area contributed by atoms with Crippen molar-refractivity contribution in [3.05, 3.63) is 0 Å². The molecule has 0 bridgehead atoms. The molecular formula is C12H20N2O2. The maximum absolute atomic E-state index is 11.9. The highest BCUT2D eigenvalue weighted by Crippen LogP contribution is 2.31. The van der Waals surface area contributed by atoms with E-state index in [0.29, 0.717) is 5.92 Å². The number of amides is 2. The van der Waals surface area contributed by atoms with E-state index in [0.717, 1.165) is 12.5 Å². The standard InChI is InChI=1S/C12H20N2O2/c1-8-3-4-10(5-8)6-14-7-11(15)13-9(2)12(14)16/h8-10H,3-7H2,1-2H3,(H,13,15). The zero-order valence-electron chi connectivity index (χ0n) is 10.0. The smallest absolute Gasteiger partial charge is 0.245 e. The van der Waals surface area contributed by atoms with Crippen LogP contribution in [0.3, 0.4) is 0 Å². The van der Waals surface area contributed by atoms with Gasteiger partial charge in [0.25, 0.3) is 0 Å². The van der Waals surface area contributed by atoms with E-state index in [1.807, 2.05) is 0 Å². The predicted molar refractivity (Wildman–Crippen MR) is 60.7 cm³/mol. The van der Waals surface area contributed by atoms with Crippen molar-refractivity contribution in [3.63, 3.8) is 0 Å². The van der Waals surface area contributed by atoms with Gasteiger partial charge < -0.3 is 10.2 Å². The van der Waals surface area contributed by atoms with Gasteiger partial charge >= 0.3 is 0 Å². The normalized spacial score (nSPS) is 35.4. The van der Waals surface area contributed by atoms with E-state index in [1.54, 1.807) is 11.8 Å². The molecule has 16 heavy (non-hydrogen) atoms. The van der Waals surface area contributed by atoms with Crippen molar-refractivity contribution in [2.24, 2.45) is 11.8 Å². The fourth-order valence-electron chi connectivity index (χ4n) is 2.83. The minimum atomic E-state index is -0.347. The first-order valence-electron chi connectivity index (χ1n) is 6.14. The van der Waals surface area contributed by atoms with Gasteiger partial charge in [-0.05, 0) is 31.6 Å². The molecule has 0 aromatic carbocycles. The second-order valence-corrected chi connectivity index (χ2v) is 5.29. The largest absolute Gasteiger partial charge is 0.343 e. The van der Waals surface area contributed by atoms with Gasteiger partial charge in [0.05, 0.1) is 6.54 Å². The molecule has 90 valence electrons. The van der Waals surface area contributed by atoms with Gasteiger partial charge in [-0.15, -0.1) is 0 Å². The SMILES string of the molecule is CC1CCC(CN2CC(=O)NC(C)C2=O)C1. The molecule has 0 spiro atoms. The molecule has 1 aliphatic carbocycles. The summed E-state index contributed by atoms with van der Waals surface area (Å²) >= 11 is 0. The van der Waals surface area contributed by atoms with Crippen molar-refractivity contribution >= 4 is 11.8 Å². The Bertz CT molecular complexity index is 303. The molecule has 2 aliphatic rings. The Balaban J connectivity index is 1.92. The van der Waals surface area contributed by atoms with Gasteiger partial charge in [0.15, 0.2) is 0 Å². The summed E-state index contributed by atoms with van der Waals surface area (Å²) in [4.78, 5) is 24.9. The average molecular weight is 224 g/mol. The number of carbonyl (C=O) groups is 2. The Kier molecular flexibility index (Phi) is 3.17. The van der Waals surface area contributed by atoms with Crippen molar-refractivity contribution < 1.29 is 9.59 Å². The number of nitrogens with zero attached hydrogens (tertiary/aromatic N) is 1. The van der Waals surface area contributed by atoms with E-state index in [2.05, 4.69) is 12.2 Å². The maximum Gasteiger partial charge on any atom is 0.245 e. The van der Waals surface area contributed by atoms with Gasteiger partial charge in [0, 0.05) is 6.54 Å². The summed E-state index contributed by atoms with van der Waals surface area (Å²) in [5.74, 6) is 1.41. The molecule has 1 N–H and O–H groups in total. The van der Waals surface area contributed by atoms with E-state index in [-0.39, 0.29) is 24.4 Å². The monoisotopic (exact) mass is 224 g/mol. The molecule has 3 unspecified atom stereocenters. The number of piperazine rings is 1. The molecule has 1 saturated heterocycles. The number of carbonyl (C=O) groups excluding carboxylic acids is 2. The molecule has 2 rings (SSSR count). The van der Waals surface area contributed by atoms with Crippen LogP contribution in [0.1, 0.15) is 33.1 Å². The Morgan fingerprint density at radius 3 is 2.69 bits per heavy atom. The van der Waals surface area contributed by atoms with Crippen molar-refractivity contribution in [2.45, 2.75) is 39.2 Å². The summed E-state index contributed by atoms with van der Waals surface area (Å²) in [5.41, 5.74) is 0. The van der Waals surface area contributed by atoms with Crippen LogP contribution in [0.5, 0.6) is 0 Å². The lowest BCUT2D eigenvalue weighted by molar-refractivity contribution is -0.144. The van der Waals surface area contributed by atoms with Gasteiger partial charge in [-0.25, -0.2) is 0 Å². The third-order valence-corrected chi connectivity index (χ3v) is 3.68. The molecule has 4 heteroatoms.